The van der Waals surface area contributed by atoms with E-state index in [1.807, 2.05) is 0 Å². The zero-order valence-corrected chi connectivity index (χ0v) is 9.73. The molecule has 2 heteroatoms. The minimum Gasteiger partial charge on any atom is -0.343 e. The van der Waals surface area contributed by atoms with Crippen molar-refractivity contribution >= 4 is 17.2 Å². The maximum atomic E-state index is 11.2. The first-order valence-corrected chi connectivity index (χ1v) is 6.47. The van der Waals surface area contributed by atoms with Crippen LogP contribution in [-0.4, -0.2) is 10.9 Å². The number of aldehydes is 1. The molecule has 2 fully saturated rings. The van der Waals surface area contributed by atoms with Gasteiger partial charge in [-0.3, -0.25) is 4.79 Å². The molecular weight excluding hydrogens is 210 g/mol. The van der Waals surface area contributed by atoms with Crippen molar-refractivity contribution in [3.63, 3.8) is 0 Å². The molecule has 2 aliphatic carbocycles. The summed E-state index contributed by atoms with van der Waals surface area (Å²) in [4.78, 5) is 11.2. The quantitative estimate of drug-likeness (QED) is 0.730. The maximum absolute atomic E-state index is 11.2. The number of nitrogens with zero attached hydrogens (tertiary/aromatic N) is 1. The second-order valence-corrected chi connectivity index (χ2v) is 5.36. The molecule has 0 spiro atoms. The van der Waals surface area contributed by atoms with Crippen molar-refractivity contribution in [3.05, 3.63) is 35.5 Å². The lowest BCUT2D eigenvalue weighted by Crippen LogP contribution is -1.94. The summed E-state index contributed by atoms with van der Waals surface area (Å²) in [6.07, 6.45) is 8.21. The number of para-hydroxylation sites is 1. The molecule has 2 saturated carbocycles. The zero-order valence-electron chi connectivity index (χ0n) is 9.73. The highest BCUT2D eigenvalue weighted by molar-refractivity contribution is 5.99. The molecule has 1 aromatic heterocycles. The number of aromatic nitrogens is 1. The molecule has 17 heavy (non-hydrogen) atoms. The Morgan fingerprint density at radius 2 is 2.00 bits per heavy atom. The molecule has 0 saturated heterocycles. The summed E-state index contributed by atoms with van der Waals surface area (Å²) in [6.45, 7) is 0. The van der Waals surface area contributed by atoms with E-state index in [1.165, 1.54) is 36.8 Å². The van der Waals surface area contributed by atoms with E-state index >= 15 is 0 Å². The van der Waals surface area contributed by atoms with Crippen LogP contribution in [0.3, 0.4) is 0 Å². The fourth-order valence-corrected chi connectivity index (χ4v) is 2.82. The molecule has 2 aliphatic rings. The second kappa shape index (κ2) is 3.22. The molecule has 0 N–H and O–H groups in total. The average Bonchev–Trinajstić information content (AvgIpc) is 3.23. The van der Waals surface area contributed by atoms with Gasteiger partial charge in [-0.15, -0.1) is 0 Å². The SMILES string of the molecule is O=Cc1cn(C2CC2)c2c(C3CC3)cccc12. The smallest absolute Gasteiger partial charge is 0.152 e. The second-order valence-electron chi connectivity index (χ2n) is 5.36. The Morgan fingerprint density at radius 1 is 1.18 bits per heavy atom. The van der Waals surface area contributed by atoms with Crippen molar-refractivity contribution in [1.29, 1.82) is 0 Å². The van der Waals surface area contributed by atoms with Gasteiger partial charge in [0.1, 0.15) is 0 Å². The highest BCUT2D eigenvalue weighted by atomic mass is 16.1. The van der Waals surface area contributed by atoms with Crippen LogP contribution >= 0.6 is 0 Å². The van der Waals surface area contributed by atoms with Crippen molar-refractivity contribution in [2.24, 2.45) is 0 Å². The van der Waals surface area contributed by atoms with Crippen LogP contribution in [0.4, 0.5) is 0 Å². The van der Waals surface area contributed by atoms with E-state index < -0.39 is 0 Å². The van der Waals surface area contributed by atoms with Crippen molar-refractivity contribution in [1.82, 2.24) is 4.57 Å². The molecule has 0 amide bonds. The number of rotatable bonds is 3. The third-order valence-corrected chi connectivity index (χ3v) is 4.00. The molecule has 1 aromatic carbocycles. The summed E-state index contributed by atoms with van der Waals surface area (Å²) >= 11 is 0. The highest BCUT2D eigenvalue weighted by Gasteiger charge is 2.31. The molecule has 1 heterocycles. The summed E-state index contributed by atoms with van der Waals surface area (Å²) in [7, 11) is 0. The van der Waals surface area contributed by atoms with Gasteiger partial charge >= 0.3 is 0 Å². The zero-order chi connectivity index (χ0) is 11.4. The van der Waals surface area contributed by atoms with Crippen LogP contribution in [-0.2, 0) is 0 Å². The van der Waals surface area contributed by atoms with E-state index in [9.17, 15) is 4.79 Å². The summed E-state index contributed by atoms with van der Waals surface area (Å²) in [5.74, 6) is 0.741. The monoisotopic (exact) mass is 225 g/mol. The van der Waals surface area contributed by atoms with Gasteiger partial charge in [0.25, 0.3) is 0 Å². The van der Waals surface area contributed by atoms with Crippen LogP contribution < -0.4 is 0 Å². The fourth-order valence-electron chi connectivity index (χ4n) is 2.82. The van der Waals surface area contributed by atoms with Crippen molar-refractivity contribution in [3.8, 4) is 0 Å². The predicted octanol–water partition coefficient (Wildman–Crippen LogP) is 3.67. The van der Waals surface area contributed by atoms with Gasteiger partial charge in [0.05, 0.1) is 5.52 Å². The standard InChI is InChI=1S/C15H15NO/c17-9-11-8-16(12-6-7-12)15-13(10-4-5-10)2-1-3-14(11)15/h1-3,8-10,12H,4-7H2. The Kier molecular flexibility index (Phi) is 1.79. The van der Waals surface area contributed by atoms with Gasteiger partial charge in [-0.05, 0) is 37.2 Å². The Hall–Kier alpha value is -1.57. The van der Waals surface area contributed by atoms with Crippen molar-refractivity contribution < 1.29 is 4.79 Å². The summed E-state index contributed by atoms with van der Waals surface area (Å²) in [5.41, 5.74) is 3.65. The molecule has 0 unspecified atom stereocenters. The normalized spacial score (nSPS) is 19.8. The Bertz CT molecular complexity index is 603. The maximum Gasteiger partial charge on any atom is 0.152 e. The molecule has 0 bridgehead atoms. The van der Waals surface area contributed by atoms with Crippen molar-refractivity contribution in [2.45, 2.75) is 37.6 Å². The van der Waals surface area contributed by atoms with Gasteiger partial charge in [-0.1, -0.05) is 18.2 Å². The minimum absolute atomic E-state index is 0.645. The van der Waals surface area contributed by atoms with E-state index in [1.54, 1.807) is 0 Å². The number of hydrogen-bond donors (Lipinski definition) is 0. The van der Waals surface area contributed by atoms with E-state index in [0.717, 1.165) is 23.2 Å². The van der Waals surface area contributed by atoms with E-state index in [0.29, 0.717) is 6.04 Å². The number of hydrogen-bond acceptors (Lipinski definition) is 1. The molecule has 2 nitrogen and oxygen atoms in total. The molecule has 0 aliphatic heterocycles. The molecule has 4 rings (SSSR count). The molecule has 2 aromatic rings. The van der Waals surface area contributed by atoms with Crippen LogP contribution in [0.2, 0.25) is 0 Å². The van der Waals surface area contributed by atoms with Crippen LogP contribution in [0.15, 0.2) is 24.4 Å². The van der Waals surface area contributed by atoms with Crippen LogP contribution in [0, 0.1) is 0 Å². The van der Waals surface area contributed by atoms with Gasteiger partial charge in [0, 0.05) is 23.2 Å². The molecular formula is C15H15NO. The number of carbonyl (C=O) groups is 1. The average molecular weight is 225 g/mol. The van der Waals surface area contributed by atoms with Gasteiger partial charge < -0.3 is 4.57 Å². The van der Waals surface area contributed by atoms with Crippen LogP contribution in [0.1, 0.15) is 53.6 Å². The predicted molar refractivity (Wildman–Crippen MR) is 67.6 cm³/mol. The largest absolute Gasteiger partial charge is 0.343 e. The Morgan fingerprint density at radius 3 is 2.65 bits per heavy atom. The summed E-state index contributed by atoms with van der Waals surface area (Å²) in [5, 5.41) is 1.15. The molecule has 86 valence electrons. The first kappa shape index (κ1) is 9.46. The van der Waals surface area contributed by atoms with Gasteiger partial charge in [0.2, 0.25) is 0 Å². The van der Waals surface area contributed by atoms with Gasteiger partial charge in [-0.25, -0.2) is 0 Å². The topological polar surface area (TPSA) is 22.0 Å². The highest BCUT2D eigenvalue weighted by Crippen LogP contribution is 2.46. The summed E-state index contributed by atoms with van der Waals surface area (Å²) < 4.78 is 2.35. The van der Waals surface area contributed by atoms with Crippen LogP contribution in [0.25, 0.3) is 10.9 Å². The first-order chi connectivity index (χ1) is 8.38. The third-order valence-electron chi connectivity index (χ3n) is 4.00. The number of fused-ring (bicyclic) bond motifs is 1. The van der Waals surface area contributed by atoms with Gasteiger partial charge in [0.15, 0.2) is 6.29 Å². The van der Waals surface area contributed by atoms with E-state index in [-0.39, 0.29) is 0 Å². The lowest BCUT2D eigenvalue weighted by Gasteiger charge is -2.07. The van der Waals surface area contributed by atoms with E-state index in [2.05, 4.69) is 29.0 Å². The lowest BCUT2D eigenvalue weighted by molar-refractivity contribution is 0.112. The van der Waals surface area contributed by atoms with E-state index in [4.69, 9.17) is 0 Å². The van der Waals surface area contributed by atoms with Crippen molar-refractivity contribution in [2.75, 3.05) is 0 Å². The molecule has 0 radical (unpaired) electrons. The fraction of sp³-hybridized carbons (Fsp3) is 0.400. The summed E-state index contributed by atoms with van der Waals surface area (Å²) in [6, 6.07) is 7.07. The Labute approximate surface area is 100 Å². The van der Waals surface area contributed by atoms with Crippen LogP contribution in [0.5, 0.6) is 0 Å². The molecule has 0 atom stereocenters. The number of benzene rings is 1. The lowest BCUT2D eigenvalue weighted by atomic mass is 10.1. The Balaban J connectivity index is 2.05. The third kappa shape index (κ3) is 1.36. The number of carbonyl (C=O) groups excluding carboxylic acids is 1. The minimum atomic E-state index is 0.645. The first-order valence-electron chi connectivity index (χ1n) is 6.47. The van der Waals surface area contributed by atoms with Gasteiger partial charge in [-0.2, -0.15) is 0 Å².